The molecule has 1 nitrogen and oxygen atoms in total. The van der Waals surface area contributed by atoms with Gasteiger partial charge in [0.2, 0.25) is 0 Å². The lowest BCUT2D eigenvalue weighted by Crippen LogP contribution is -2.11. The highest BCUT2D eigenvalue weighted by Crippen LogP contribution is 2.04. The predicted octanol–water partition coefficient (Wildman–Crippen LogP) is 3.67. The molecule has 78 valence electrons. The molecule has 0 aromatic heterocycles. The third-order valence-corrected chi connectivity index (χ3v) is 2.13. The van der Waals surface area contributed by atoms with Gasteiger partial charge in [0.15, 0.2) is 0 Å². The van der Waals surface area contributed by atoms with E-state index in [4.69, 9.17) is 0 Å². The van der Waals surface area contributed by atoms with E-state index < -0.39 is 0 Å². The summed E-state index contributed by atoms with van der Waals surface area (Å²) < 4.78 is 0. The van der Waals surface area contributed by atoms with Crippen LogP contribution in [-0.4, -0.2) is 18.5 Å². The first kappa shape index (κ1) is 12.5. The Kier molecular flexibility index (Phi) is 7.86. The smallest absolute Gasteiger partial charge is 0.0169 e. The Morgan fingerprint density at radius 3 is 2.54 bits per heavy atom. The standard InChI is InChI=1S/C12H25N/c1-5-6-10-13(4)11-8-7-9-12(2)3/h8,11-12H,5-7,9-10H2,1-4H3/b11-8+. The first-order chi connectivity index (χ1) is 6.16. The van der Waals surface area contributed by atoms with Crippen molar-refractivity contribution in [3.8, 4) is 0 Å². The van der Waals surface area contributed by atoms with E-state index in [1.54, 1.807) is 0 Å². The van der Waals surface area contributed by atoms with Crippen LogP contribution in [-0.2, 0) is 0 Å². The number of nitrogens with zero attached hydrogens (tertiary/aromatic N) is 1. The molecule has 0 aliphatic heterocycles. The van der Waals surface area contributed by atoms with Gasteiger partial charge in [0.1, 0.15) is 0 Å². The molecule has 0 fully saturated rings. The van der Waals surface area contributed by atoms with Crippen LogP contribution < -0.4 is 0 Å². The molecule has 0 saturated heterocycles. The van der Waals surface area contributed by atoms with E-state index in [1.165, 1.54) is 32.2 Å². The van der Waals surface area contributed by atoms with Crippen LogP contribution in [0, 0.1) is 5.92 Å². The van der Waals surface area contributed by atoms with E-state index in [-0.39, 0.29) is 0 Å². The fourth-order valence-electron chi connectivity index (χ4n) is 1.17. The van der Waals surface area contributed by atoms with Crippen molar-refractivity contribution < 1.29 is 0 Å². The van der Waals surface area contributed by atoms with Crippen LogP contribution in [0.25, 0.3) is 0 Å². The molecule has 0 aromatic carbocycles. The Labute approximate surface area is 83.8 Å². The van der Waals surface area contributed by atoms with E-state index in [0.717, 1.165) is 5.92 Å². The predicted molar refractivity (Wildman–Crippen MR) is 60.8 cm³/mol. The third kappa shape index (κ3) is 9.45. The molecule has 0 amide bonds. The van der Waals surface area contributed by atoms with Gasteiger partial charge in [-0.3, -0.25) is 0 Å². The molecule has 0 saturated carbocycles. The summed E-state index contributed by atoms with van der Waals surface area (Å²) in [6.45, 7) is 7.97. The molecule has 0 rings (SSSR count). The quantitative estimate of drug-likeness (QED) is 0.582. The highest BCUT2D eigenvalue weighted by molar-refractivity contribution is 4.80. The Hall–Kier alpha value is -0.460. The highest BCUT2D eigenvalue weighted by atomic mass is 15.1. The number of allylic oxidation sites excluding steroid dienone is 1. The number of rotatable bonds is 7. The summed E-state index contributed by atoms with van der Waals surface area (Å²) in [5.41, 5.74) is 0. The van der Waals surface area contributed by atoms with Crippen LogP contribution in [0.15, 0.2) is 12.3 Å². The van der Waals surface area contributed by atoms with Crippen LogP contribution in [0.4, 0.5) is 0 Å². The van der Waals surface area contributed by atoms with Gasteiger partial charge in [-0.2, -0.15) is 0 Å². The van der Waals surface area contributed by atoms with Crippen molar-refractivity contribution in [3.05, 3.63) is 12.3 Å². The maximum absolute atomic E-state index is 2.29. The van der Waals surface area contributed by atoms with Crippen LogP contribution in [0.3, 0.4) is 0 Å². The van der Waals surface area contributed by atoms with Crippen molar-refractivity contribution in [1.82, 2.24) is 4.90 Å². The largest absolute Gasteiger partial charge is 0.381 e. The van der Waals surface area contributed by atoms with Crippen LogP contribution in [0.5, 0.6) is 0 Å². The SMILES string of the molecule is CCCCN(C)/C=C/CCC(C)C. The van der Waals surface area contributed by atoms with Crippen LogP contribution in [0.2, 0.25) is 0 Å². The summed E-state index contributed by atoms with van der Waals surface area (Å²) >= 11 is 0. The fraction of sp³-hybridized carbons (Fsp3) is 0.833. The van der Waals surface area contributed by atoms with Gasteiger partial charge in [-0.1, -0.05) is 33.3 Å². The molecule has 0 bridgehead atoms. The van der Waals surface area contributed by atoms with Gasteiger partial charge >= 0.3 is 0 Å². The maximum atomic E-state index is 2.29. The number of unbranched alkanes of at least 4 members (excludes halogenated alkanes) is 1. The van der Waals surface area contributed by atoms with Gasteiger partial charge in [0.25, 0.3) is 0 Å². The molecule has 0 heterocycles. The van der Waals surface area contributed by atoms with E-state index in [0.29, 0.717) is 0 Å². The van der Waals surface area contributed by atoms with E-state index in [1.807, 2.05) is 0 Å². The molecule has 0 aliphatic carbocycles. The van der Waals surface area contributed by atoms with Crippen molar-refractivity contribution in [2.75, 3.05) is 13.6 Å². The van der Waals surface area contributed by atoms with Gasteiger partial charge in [0, 0.05) is 13.6 Å². The molecule has 0 aliphatic rings. The second-order valence-electron chi connectivity index (χ2n) is 4.19. The van der Waals surface area contributed by atoms with Crippen molar-refractivity contribution in [2.24, 2.45) is 5.92 Å². The summed E-state index contributed by atoms with van der Waals surface area (Å²) in [5.74, 6) is 0.825. The monoisotopic (exact) mass is 183 g/mol. The summed E-state index contributed by atoms with van der Waals surface area (Å²) in [6.07, 6.45) is 9.61. The van der Waals surface area contributed by atoms with Crippen molar-refractivity contribution in [3.63, 3.8) is 0 Å². The van der Waals surface area contributed by atoms with Gasteiger partial charge in [-0.25, -0.2) is 0 Å². The lowest BCUT2D eigenvalue weighted by Gasteiger charge is -2.12. The Balaban J connectivity index is 3.36. The zero-order valence-electron chi connectivity index (χ0n) is 9.71. The number of hydrogen-bond acceptors (Lipinski definition) is 1. The molecule has 0 N–H and O–H groups in total. The molecule has 0 unspecified atom stereocenters. The van der Waals surface area contributed by atoms with Crippen molar-refractivity contribution in [2.45, 2.75) is 46.5 Å². The van der Waals surface area contributed by atoms with Crippen LogP contribution in [0.1, 0.15) is 46.5 Å². The van der Waals surface area contributed by atoms with E-state index in [2.05, 4.69) is 45.0 Å². The molecular formula is C12H25N. The minimum atomic E-state index is 0.825. The van der Waals surface area contributed by atoms with Gasteiger partial charge in [0.05, 0.1) is 0 Å². The minimum Gasteiger partial charge on any atom is -0.381 e. The van der Waals surface area contributed by atoms with E-state index in [9.17, 15) is 0 Å². The van der Waals surface area contributed by atoms with Crippen LogP contribution >= 0.6 is 0 Å². The van der Waals surface area contributed by atoms with Gasteiger partial charge < -0.3 is 4.90 Å². The topological polar surface area (TPSA) is 3.24 Å². The van der Waals surface area contributed by atoms with Gasteiger partial charge in [-0.15, -0.1) is 0 Å². The summed E-state index contributed by atoms with van der Waals surface area (Å²) in [7, 11) is 2.15. The second-order valence-corrected chi connectivity index (χ2v) is 4.19. The molecular weight excluding hydrogens is 158 g/mol. The van der Waals surface area contributed by atoms with Gasteiger partial charge in [-0.05, 0) is 31.4 Å². The lowest BCUT2D eigenvalue weighted by atomic mass is 10.1. The summed E-state index contributed by atoms with van der Waals surface area (Å²) in [4.78, 5) is 2.28. The normalized spacial score (nSPS) is 11.5. The molecule has 0 atom stereocenters. The lowest BCUT2D eigenvalue weighted by molar-refractivity contribution is 0.439. The summed E-state index contributed by atoms with van der Waals surface area (Å²) in [6, 6.07) is 0. The molecule has 0 radical (unpaired) electrons. The molecule has 13 heavy (non-hydrogen) atoms. The zero-order valence-corrected chi connectivity index (χ0v) is 9.71. The average Bonchev–Trinajstić information content (AvgIpc) is 2.08. The van der Waals surface area contributed by atoms with Crippen molar-refractivity contribution >= 4 is 0 Å². The fourth-order valence-corrected chi connectivity index (χ4v) is 1.17. The first-order valence-corrected chi connectivity index (χ1v) is 5.53. The van der Waals surface area contributed by atoms with E-state index >= 15 is 0 Å². The minimum absolute atomic E-state index is 0.825. The highest BCUT2D eigenvalue weighted by Gasteiger charge is 1.91. The maximum Gasteiger partial charge on any atom is 0.0169 e. The first-order valence-electron chi connectivity index (χ1n) is 5.53. The summed E-state index contributed by atoms with van der Waals surface area (Å²) in [5, 5.41) is 0. The zero-order chi connectivity index (χ0) is 10.1. The number of hydrogen-bond donors (Lipinski definition) is 0. The molecule has 0 aromatic rings. The Morgan fingerprint density at radius 1 is 1.31 bits per heavy atom. The second kappa shape index (κ2) is 8.15. The molecule has 1 heteroatoms. The third-order valence-electron chi connectivity index (χ3n) is 2.13. The van der Waals surface area contributed by atoms with Crippen molar-refractivity contribution in [1.29, 1.82) is 0 Å². The molecule has 0 spiro atoms. The average molecular weight is 183 g/mol. The Bertz CT molecular complexity index is 127. The Morgan fingerprint density at radius 2 is 2.00 bits per heavy atom.